The summed E-state index contributed by atoms with van der Waals surface area (Å²) in [6, 6.07) is 0. The number of carbonyl (C=O) groups excluding carboxylic acids is 2. The van der Waals surface area contributed by atoms with E-state index in [0.29, 0.717) is 13.1 Å². The predicted molar refractivity (Wildman–Crippen MR) is 80.4 cm³/mol. The SMILES string of the molecule is CCCNC(=O)CN(CCC)C(=O)C1(CC)CCCN1. The van der Waals surface area contributed by atoms with Crippen LogP contribution in [0.15, 0.2) is 0 Å². The summed E-state index contributed by atoms with van der Waals surface area (Å²) in [7, 11) is 0. The summed E-state index contributed by atoms with van der Waals surface area (Å²) in [6.45, 7) is 8.47. The van der Waals surface area contributed by atoms with Gasteiger partial charge in [-0.25, -0.2) is 0 Å². The molecule has 116 valence electrons. The van der Waals surface area contributed by atoms with Gasteiger partial charge in [0.05, 0.1) is 12.1 Å². The smallest absolute Gasteiger partial charge is 0.243 e. The van der Waals surface area contributed by atoms with E-state index >= 15 is 0 Å². The molecule has 0 aromatic heterocycles. The summed E-state index contributed by atoms with van der Waals surface area (Å²) < 4.78 is 0. The van der Waals surface area contributed by atoms with Crippen LogP contribution in [0.3, 0.4) is 0 Å². The van der Waals surface area contributed by atoms with E-state index in [4.69, 9.17) is 0 Å². The third kappa shape index (κ3) is 4.20. The van der Waals surface area contributed by atoms with Crippen LogP contribution in [-0.2, 0) is 9.59 Å². The lowest BCUT2D eigenvalue weighted by molar-refractivity contribution is -0.141. The molecule has 20 heavy (non-hydrogen) atoms. The average Bonchev–Trinajstić information content (AvgIpc) is 2.94. The Labute approximate surface area is 122 Å². The number of rotatable bonds is 8. The monoisotopic (exact) mass is 283 g/mol. The van der Waals surface area contributed by atoms with Crippen LogP contribution in [0, 0.1) is 0 Å². The number of carbonyl (C=O) groups is 2. The zero-order valence-corrected chi connectivity index (χ0v) is 13.1. The zero-order valence-electron chi connectivity index (χ0n) is 13.1. The highest BCUT2D eigenvalue weighted by molar-refractivity contribution is 5.90. The number of nitrogens with one attached hydrogen (secondary N) is 2. The van der Waals surface area contributed by atoms with Gasteiger partial charge in [0.25, 0.3) is 0 Å². The van der Waals surface area contributed by atoms with Crippen molar-refractivity contribution in [2.24, 2.45) is 0 Å². The Kier molecular flexibility index (Phi) is 6.99. The summed E-state index contributed by atoms with van der Waals surface area (Å²) in [5, 5.41) is 6.20. The van der Waals surface area contributed by atoms with Crippen molar-refractivity contribution in [3.05, 3.63) is 0 Å². The Hall–Kier alpha value is -1.10. The highest BCUT2D eigenvalue weighted by Crippen LogP contribution is 2.25. The van der Waals surface area contributed by atoms with Crippen molar-refractivity contribution in [3.63, 3.8) is 0 Å². The Morgan fingerprint density at radius 2 is 2.00 bits per heavy atom. The van der Waals surface area contributed by atoms with Crippen LogP contribution in [0.4, 0.5) is 0 Å². The summed E-state index contributed by atoms with van der Waals surface area (Å²) in [5.41, 5.74) is -0.444. The van der Waals surface area contributed by atoms with E-state index in [2.05, 4.69) is 10.6 Å². The van der Waals surface area contributed by atoms with Crippen LogP contribution in [-0.4, -0.2) is 48.4 Å². The molecule has 5 heteroatoms. The molecule has 2 amide bonds. The number of hydrogen-bond donors (Lipinski definition) is 2. The molecule has 0 radical (unpaired) electrons. The Balaban J connectivity index is 2.68. The Morgan fingerprint density at radius 1 is 1.25 bits per heavy atom. The maximum atomic E-state index is 12.8. The van der Waals surface area contributed by atoms with Gasteiger partial charge < -0.3 is 15.5 Å². The van der Waals surface area contributed by atoms with Crippen molar-refractivity contribution in [2.45, 2.75) is 58.4 Å². The Morgan fingerprint density at radius 3 is 2.50 bits per heavy atom. The first-order chi connectivity index (χ1) is 9.59. The molecule has 1 aliphatic heterocycles. The normalized spacial score (nSPS) is 21.8. The molecule has 0 bridgehead atoms. The first-order valence-electron chi connectivity index (χ1n) is 7.90. The molecular weight excluding hydrogens is 254 g/mol. The third-order valence-electron chi connectivity index (χ3n) is 3.94. The van der Waals surface area contributed by atoms with Crippen LogP contribution in [0.1, 0.15) is 52.9 Å². The minimum atomic E-state index is -0.444. The van der Waals surface area contributed by atoms with Gasteiger partial charge in [0.1, 0.15) is 0 Å². The number of nitrogens with zero attached hydrogens (tertiary/aromatic N) is 1. The van der Waals surface area contributed by atoms with Crippen LogP contribution in [0.25, 0.3) is 0 Å². The second kappa shape index (κ2) is 8.25. The highest BCUT2D eigenvalue weighted by atomic mass is 16.2. The fraction of sp³-hybridized carbons (Fsp3) is 0.867. The first kappa shape index (κ1) is 17.0. The third-order valence-corrected chi connectivity index (χ3v) is 3.94. The quantitative estimate of drug-likeness (QED) is 0.705. The molecule has 1 saturated heterocycles. The van der Waals surface area contributed by atoms with Gasteiger partial charge in [-0.1, -0.05) is 20.8 Å². The van der Waals surface area contributed by atoms with Gasteiger partial charge in [-0.05, 0) is 38.6 Å². The molecule has 1 rings (SSSR count). The minimum Gasteiger partial charge on any atom is -0.355 e. The van der Waals surface area contributed by atoms with E-state index in [1.165, 1.54) is 0 Å². The van der Waals surface area contributed by atoms with E-state index in [9.17, 15) is 9.59 Å². The zero-order chi connectivity index (χ0) is 15.0. The molecule has 5 nitrogen and oxygen atoms in total. The van der Waals surface area contributed by atoms with E-state index in [0.717, 1.165) is 38.6 Å². The van der Waals surface area contributed by atoms with Crippen molar-refractivity contribution >= 4 is 11.8 Å². The van der Waals surface area contributed by atoms with Crippen LogP contribution < -0.4 is 10.6 Å². The van der Waals surface area contributed by atoms with E-state index in [-0.39, 0.29) is 18.4 Å². The van der Waals surface area contributed by atoms with Crippen LogP contribution >= 0.6 is 0 Å². The van der Waals surface area contributed by atoms with Gasteiger partial charge in [-0.3, -0.25) is 9.59 Å². The largest absolute Gasteiger partial charge is 0.355 e. The first-order valence-corrected chi connectivity index (χ1v) is 7.90. The summed E-state index contributed by atoms with van der Waals surface area (Å²) in [6.07, 6.45) is 4.46. The fourth-order valence-corrected chi connectivity index (χ4v) is 2.76. The lowest BCUT2D eigenvalue weighted by Crippen LogP contribution is -2.56. The molecule has 0 aliphatic carbocycles. The molecule has 2 N–H and O–H groups in total. The van der Waals surface area contributed by atoms with Crippen molar-refractivity contribution in [1.29, 1.82) is 0 Å². The van der Waals surface area contributed by atoms with E-state index < -0.39 is 5.54 Å². The maximum absolute atomic E-state index is 12.8. The van der Waals surface area contributed by atoms with E-state index in [1.54, 1.807) is 4.90 Å². The molecule has 1 unspecified atom stereocenters. The molecule has 0 aromatic carbocycles. The van der Waals surface area contributed by atoms with Gasteiger partial charge >= 0.3 is 0 Å². The number of hydrogen-bond acceptors (Lipinski definition) is 3. The molecule has 1 fully saturated rings. The lowest BCUT2D eigenvalue weighted by atomic mass is 9.92. The second-order valence-electron chi connectivity index (χ2n) is 5.54. The molecule has 1 aliphatic rings. The summed E-state index contributed by atoms with van der Waals surface area (Å²) in [4.78, 5) is 26.4. The van der Waals surface area contributed by atoms with Crippen LogP contribution in [0.2, 0.25) is 0 Å². The topological polar surface area (TPSA) is 61.4 Å². The second-order valence-corrected chi connectivity index (χ2v) is 5.54. The van der Waals surface area contributed by atoms with Crippen molar-refractivity contribution in [1.82, 2.24) is 15.5 Å². The number of amides is 2. The summed E-state index contributed by atoms with van der Waals surface area (Å²) >= 11 is 0. The standard InChI is InChI=1S/C15H29N3O2/c1-4-9-16-13(19)12-18(11-5-2)14(20)15(6-3)8-7-10-17-15/h17H,4-12H2,1-3H3,(H,16,19). The van der Waals surface area contributed by atoms with Gasteiger partial charge in [0.15, 0.2) is 0 Å². The highest BCUT2D eigenvalue weighted by Gasteiger charge is 2.41. The van der Waals surface area contributed by atoms with Gasteiger partial charge in [-0.2, -0.15) is 0 Å². The predicted octanol–water partition coefficient (Wildman–Crippen LogP) is 1.28. The van der Waals surface area contributed by atoms with Gasteiger partial charge in [-0.15, -0.1) is 0 Å². The van der Waals surface area contributed by atoms with Crippen molar-refractivity contribution in [3.8, 4) is 0 Å². The summed E-state index contributed by atoms with van der Waals surface area (Å²) in [5.74, 6) is 0.0314. The molecular formula is C15H29N3O2. The van der Waals surface area contributed by atoms with Crippen molar-refractivity contribution in [2.75, 3.05) is 26.2 Å². The fourth-order valence-electron chi connectivity index (χ4n) is 2.76. The van der Waals surface area contributed by atoms with Gasteiger partial charge in [0, 0.05) is 13.1 Å². The van der Waals surface area contributed by atoms with Crippen molar-refractivity contribution < 1.29 is 9.59 Å². The lowest BCUT2D eigenvalue weighted by Gasteiger charge is -2.33. The molecule has 0 spiro atoms. The van der Waals surface area contributed by atoms with Crippen LogP contribution in [0.5, 0.6) is 0 Å². The molecule has 0 saturated carbocycles. The maximum Gasteiger partial charge on any atom is 0.243 e. The van der Waals surface area contributed by atoms with Gasteiger partial charge in [0.2, 0.25) is 11.8 Å². The Bertz CT molecular complexity index is 325. The average molecular weight is 283 g/mol. The van der Waals surface area contributed by atoms with E-state index in [1.807, 2.05) is 20.8 Å². The molecule has 1 heterocycles. The molecule has 0 aromatic rings. The molecule has 1 atom stereocenters. The minimum absolute atomic E-state index is 0.0575.